The average Bonchev–Trinajstić information content (AvgIpc) is 3.03. The number of benzene rings is 1. The highest BCUT2D eigenvalue weighted by Crippen LogP contribution is 2.30. The molecule has 0 aromatic heterocycles. The van der Waals surface area contributed by atoms with Crippen LogP contribution >= 0.6 is 23.4 Å². The molecular weight excluding hydrogens is 294 g/mol. The number of fused-ring (bicyclic) bond motifs is 1. The van der Waals surface area contributed by atoms with E-state index < -0.39 is 0 Å². The first kappa shape index (κ1) is 13.5. The molecule has 0 saturated carbocycles. The highest BCUT2D eigenvalue weighted by atomic mass is 35.5. The van der Waals surface area contributed by atoms with Crippen molar-refractivity contribution in [3.8, 4) is 0 Å². The van der Waals surface area contributed by atoms with Gasteiger partial charge < -0.3 is 10.2 Å². The number of rotatable bonds is 4. The second-order valence-electron chi connectivity index (χ2n) is 4.62. The molecule has 1 amide bonds. The van der Waals surface area contributed by atoms with E-state index in [4.69, 9.17) is 11.6 Å². The maximum absolute atomic E-state index is 12.0. The number of carbonyl (C=O) groups is 1. The maximum atomic E-state index is 12.0. The minimum absolute atomic E-state index is 0.0277. The lowest BCUT2D eigenvalue weighted by molar-refractivity contribution is -0.120. The van der Waals surface area contributed by atoms with E-state index in [-0.39, 0.29) is 5.91 Å². The summed E-state index contributed by atoms with van der Waals surface area (Å²) in [6, 6.07) is 7.48. The van der Waals surface area contributed by atoms with Crippen LogP contribution in [0.1, 0.15) is 12.0 Å². The lowest BCUT2D eigenvalue weighted by Gasteiger charge is -2.16. The van der Waals surface area contributed by atoms with Crippen LogP contribution in [0, 0.1) is 0 Å². The zero-order valence-corrected chi connectivity index (χ0v) is 12.4. The Hall–Kier alpha value is -1.46. The zero-order chi connectivity index (χ0) is 13.9. The molecule has 20 heavy (non-hydrogen) atoms. The fraction of sp³-hybridized carbons (Fsp3) is 0.286. The van der Waals surface area contributed by atoms with Crippen LogP contribution in [-0.4, -0.2) is 29.1 Å². The number of aliphatic imine (C=N–C) groups is 1. The molecule has 0 unspecified atom stereocenters. The summed E-state index contributed by atoms with van der Waals surface area (Å²) in [5.41, 5.74) is 2.08. The van der Waals surface area contributed by atoms with Gasteiger partial charge in [0, 0.05) is 23.8 Å². The van der Waals surface area contributed by atoms with Crippen LogP contribution in [0.2, 0.25) is 5.02 Å². The Morgan fingerprint density at radius 2 is 2.20 bits per heavy atom. The highest BCUT2D eigenvalue weighted by Gasteiger charge is 2.27. The van der Waals surface area contributed by atoms with Crippen molar-refractivity contribution in [1.29, 1.82) is 0 Å². The monoisotopic (exact) mass is 307 g/mol. The van der Waals surface area contributed by atoms with E-state index in [2.05, 4.69) is 15.2 Å². The Morgan fingerprint density at radius 3 is 3.00 bits per heavy atom. The summed E-state index contributed by atoms with van der Waals surface area (Å²) in [6.07, 6.45) is 0.402. The molecule has 0 atom stereocenters. The molecule has 1 aromatic rings. The molecule has 0 saturated heterocycles. The summed E-state index contributed by atoms with van der Waals surface area (Å²) >= 11 is 7.42. The van der Waals surface area contributed by atoms with E-state index in [1.807, 2.05) is 29.7 Å². The molecule has 6 heteroatoms. The van der Waals surface area contributed by atoms with Gasteiger partial charge in [0.1, 0.15) is 0 Å². The fourth-order valence-electron chi connectivity index (χ4n) is 2.15. The first-order chi connectivity index (χ1) is 9.72. The van der Waals surface area contributed by atoms with Gasteiger partial charge in [0.25, 0.3) is 0 Å². The molecule has 104 valence electrons. The smallest absolute Gasteiger partial charge is 0.226 e. The van der Waals surface area contributed by atoms with Gasteiger partial charge in [-0.25, -0.2) is 0 Å². The van der Waals surface area contributed by atoms with E-state index >= 15 is 0 Å². The number of hydrogen-bond donors (Lipinski definition) is 1. The number of nitrogens with zero attached hydrogens (tertiary/aromatic N) is 2. The van der Waals surface area contributed by atoms with E-state index in [0.29, 0.717) is 18.0 Å². The molecule has 4 nitrogen and oxygen atoms in total. The summed E-state index contributed by atoms with van der Waals surface area (Å²) in [4.78, 5) is 18.5. The largest absolute Gasteiger partial charge is 0.352 e. The standard InChI is InChI=1S/C14H14ClN3OS/c15-11-3-1-10(2-4-11)8-17-13(19)7-12-9-20-14-16-5-6-18(12)14/h1-4,9H,5-8H2,(H,17,19). The Bertz CT molecular complexity index is 583. The topological polar surface area (TPSA) is 44.7 Å². The fourth-order valence-corrected chi connectivity index (χ4v) is 3.22. The number of amides is 1. The average molecular weight is 308 g/mol. The second-order valence-corrected chi connectivity index (χ2v) is 5.90. The number of thioether (sulfide) groups is 1. The molecule has 0 fully saturated rings. The molecule has 1 N–H and O–H groups in total. The summed E-state index contributed by atoms with van der Waals surface area (Å²) in [7, 11) is 0. The lowest BCUT2D eigenvalue weighted by Crippen LogP contribution is -2.28. The summed E-state index contributed by atoms with van der Waals surface area (Å²) in [6.45, 7) is 2.24. The van der Waals surface area contributed by atoms with Gasteiger partial charge >= 0.3 is 0 Å². The number of nitrogens with one attached hydrogen (secondary N) is 1. The quantitative estimate of drug-likeness (QED) is 0.930. The number of hydrogen-bond acceptors (Lipinski definition) is 4. The molecule has 2 aliphatic rings. The van der Waals surface area contributed by atoms with Crippen molar-refractivity contribution in [3.05, 3.63) is 46.0 Å². The number of amidine groups is 1. The Labute approximate surface area is 126 Å². The van der Waals surface area contributed by atoms with E-state index in [9.17, 15) is 4.79 Å². The third-order valence-electron chi connectivity index (χ3n) is 3.19. The van der Waals surface area contributed by atoms with E-state index in [0.717, 1.165) is 29.5 Å². The molecular formula is C14H14ClN3OS. The molecule has 0 aliphatic carbocycles. The van der Waals surface area contributed by atoms with Crippen molar-refractivity contribution >= 4 is 34.4 Å². The van der Waals surface area contributed by atoms with Crippen molar-refractivity contribution in [2.24, 2.45) is 4.99 Å². The van der Waals surface area contributed by atoms with Gasteiger partial charge in [-0.2, -0.15) is 0 Å². The van der Waals surface area contributed by atoms with Crippen molar-refractivity contribution in [3.63, 3.8) is 0 Å². The van der Waals surface area contributed by atoms with Crippen molar-refractivity contribution < 1.29 is 4.79 Å². The van der Waals surface area contributed by atoms with Crippen LogP contribution in [0.4, 0.5) is 0 Å². The first-order valence-corrected chi connectivity index (χ1v) is 7.67. The van der Waals surface area contributed by atoms with Crippen LogP contribution < -0.4 is 5.32 Å². The van der Waals surface area contributed by atoms with Gasteiger partial charge in [-0.1, -0.05) is 35.5 Å². The third-order valence-corrected chi connectivity index (χ3v) is 4.40. The Balaban J connectivity index is 1.50. The Morgan fingerprint density at radius 1 is 1.40 bits per heavy atom. The van der Waals surface area contributed by atoms with Crippen LogP contribution in [0.25, 0.3) is 0 Å². The molecule has 0 spiro atoms. The van der Waals surface area contributed by atoms with Gasteiger partial charge in [0.15, 0.2) is 5.17 Å². The highest BCUT2D eigenvalue weighted by molar-refractivity contribution is 8.16. The molecule has 1 aromatic carbocycles. The van der Waals surface area contributed by atoms with Crippen molar-refractivity contribution in [1.82, 2.24) is 10.2 Å². The summed E-state index contributed by atoms with van der Waals surface area (Å²) in [5.74, 6) is 0.0277. The maximum Gasteiger partial charge on any atom is 0.226 e. The molecule has 0 radical (unpaired) electrons. The number of halogens is 1. The van der Waals surface area contributed by atoms with Crippen LogP contribution in [0.5, 0.6) is 0 Å². The van der Waals surface area contributed by atoms with Gasteiger partial charge in [-0.3, -0.25) is 9.79 Å². The van der Waals surface area contributed by atoms with E-state index in [1.165, 1.54) is 0 Å². The lowest BCUT2D eigenvalue weighted by atomic mass is 10.2. The summed E-state index contributed by atoms with van der Waals surface area (Å²) in [5, 5.41) is 6.66. The SMILES string of the molecule is O=C(CC1=CSC2=NCCN12)NCc1ccc(Cl)cc1. The molecule has 3 rings (SSSR count). The number of carbonyl (C=O) groups excluding carboxylic acids is 1. The van der Waals surface area contributed by atoms with Crippen molar-refractivity contribution in [2.45, 2.75) is 13.0 Å². The van der Waals surface area contributed by atoms with Gasteiger partial charge in [0.05, 0.1) is 13.0 Å². The normalized spacial score (nSPS) is 16.8. The first-order valence-electron chi connectivity index (χ1n) is 6.41. The molecule has 2 heterocycles. The summed E-state index contributed by atoms with van der Waals surface area (Å²) < 4.78 is 0. The van der Waals surface area contributed by atoms with Gasteiger partial charge in [0.2, 0.25) is 5.91 Å². The molecule has 0 bridgehead atoms. The van der Waals surface area contributed by atoms with Gasteiger partial charge in [-0.15, -0.1) is 0 Å². The van der Waals surface area contributed by atoms with Crippen LogP contribution in [0.3, 0.4) is 0 Å². The van der Waals surface area contributed by atoms with Crippen LogP contribution in [-0.2, 0) is 11.3 Å². The minimum Gasteiger partial charge on any atom is -0.352 e. The zero-order valence-electron chi connectivity index (χ0n) is 10.8. The van der Waals surface area contributed by atoms with Crippen LogP contribution in [0.15, 0.2) is 40.4 Å². The van der Waals surface area contributed by atoms with Gasteiger partial charge in [-0.05, 0) is 23.1 Å². The van der Waals surface area contributed by atoms with E-state index in [1.54, 1.807) is 11.8 Å². The predicted octanol–water partition coefficient (Wildman–Crippen LogP) is 2.61. The van der Waals surface area contributed by atoms with Crippen molar-refractivity contribution in [2.75, 3.05) is 13.1 Å². The Kier molecular flexibility index (Phi) is 3.98. The predicted molar refractivity (Wildman–Crippen MR) is 82.6 cm³/mol. The second kappa shape index (κ2) is 5.89. The third kappa shape index (κ3) is 2.99. The molecule has 2 aliphatic heterocycles. The minimum atomic E-state index is 0.0277.